The average molecular weight is 333 g/mol. The average Bonchev–Trinajstić information content (AvgIpc) is 3.03. The molecule has 0 atom stereocenters. The Hall–Kier alpha value is -2.33. The van der Waals surface area contributed by atoms with Gasteiger partial charge in [-0.1, -0.05) is 11.8 Å². The molecule has 0 aliphatic heterocycles. The second-order valence-electron chi connectivity index (χ2n) is 4.67. The first kappa shape index (κ1) is 17.0. The fourth-order valence-electron chi connectivity index (χ4n) is 1.93. The Bertz CT molecular complexity index is 694. The third kappa shape index (κ3) is 4.83. The molecule has 0 bridgehead atoms. The molecule has 1 aromatic carbocycles. The van der Waals surface area contributed by atoms with Crippen LogP contribution in [0, 0.1) is 17.1 Å². The predicted molar refractivity (Wildman–Crippen MR) is 85.1 cm³/mol. The van der Waals surface area contributed by atoms with E-state index in [0.29, 0.717) is 30.5 Å². The Morgan fingerprint density at radius 1 is 1.43 bits per heavy atom. The number of thioether (sulfide) groups is 1. The molecule has 0 unspecified atom stereocenters. The summed E-state index contributed by atoms with van der Waals surface area (Å²) < 4.78 is 18.5. The highest BCUT2D eigenvalue weighted by Crippen LogP contribution is 2.25. The van der Waals surface area contributed by atoms with Crippen molar-refractivity contribution in [3.05, 3.63) is 36.3 Å². The highest BCUT2D eigenvalue weighted by atomic mass is 32.2. The molecule has 5 nitrogen and oxygen atoms in total. The molecule has 23 heavy (non-hydrogen) atoms. The Labute approximate surface area is 138 Å². The molecule has 120 valence electrons. The van der Waals surface area contributed by atoms with E-state index in [1.807, 2.05) is 13.0 Å². The first-order valence-electron chi connectivity index (χ1n) is 7.13. The molecule has 0 saturated carbocycles. The third-order valence-corrected chi connectivity index (χ3v) is 3.99. The van der Waals surface area contributed by atoms with E-state index in [1.165, 1.54) is 23.9 Å². The number of nitrogens with zero attached hydrogens (tertiary/aromatic N) is 3. The second kappa shape index (κ2) is 8.34. The molecule has 7 heteroatoms. The molecular formula is C16H16FN3O2S. The van der Waals surface area contributed by atoms with Gasteiger partial charge in [0, 0.05) is 18.7 Å². The van der Waals surface area contributed by atoms with Gasteiger partial charge in [-0.15, -0.1) is 0 Å². The van der Waals surface area contributed by atoms with Crippen molar-refractivity contribution in [2.24, 2.45) is 0 Å². The number of halogens is 1. The number of hydrogen-bond donors (Lipinski definition) is 0. The first-order valence-corrected chi connectivity index (χ1v) is 8.12. The van der Waals surface area contributed by atoms with Gasteiger partial charge in [-0.3, -0.25) is 4.79 Å². The van der Waals surface area contributed by atoms with Gasteiger partial charge in [0.15, 0.2) is 5.76 Å². The topological polar surface area (TPSA) is 70.1 Å². The summed E-state index contributed by atoms with van der Waals surface area (Å²) in [5.74, 6) is 0.347. The number of benzene rings is 1. The lowest BCUT2D eigenvalue weighted by molar-refractivity contribution is -0.128. The van der Waals surface area contributed by atoms with Crippen LogP contribution in [0.2, 0.25) is 0 Å². The van der Waals surface area contributed by atoms with E-state index < -0.39 is 0 Å². The number of carbonyl (C=O) groups excluding carboxylic acids is 1. The summed E-state index contributed by atoms with van der Waals surface area (Å²) in [6.07, 6.45) is 1.87. The summed E-state index contributed by atoms with van der Waals surface area (Å²) in [6.45, 7) is 2.87. The predicted octanol–water partition coefficient (Wildman–Crippen LogP) is 3.33. The molecule has 0 N–H and O–H groups in total. The lowest BCUT2D eigenvalue weighted by Gasteiger charge is -2.18. The number of rotatable bonds is 7. The molecule has 0 saturated heterocycles. The van der Waals surface area contributed by atoms with Crippen molar-refractivity contribution < 1.29 is 13.6 Å². The molecule has 0 fully saturated rings. The Kier molecular flexibility index (Phi) is 6.18. The lowest BCUT2D eigenvalue weighted by atomic mass is 10.2. The molecule has 0 radical (unpaired) electrons. The molecule has 2 aromatic rings. The van der Waals surface area contributed by atoms with Gasteiger partial charge < -0.3 is 9.32 Å². The van der Waals surface area contributed by atoms with E-state index in [2.05, 4.69) is 4.98 Å². The van der Waals surface area contributed by atoms with Crippen LogP contribution in [0.25, 0.3) is 11.3 Å². The van der Waals surface area contributed by atoms with Crippen LogP contribution in [0.15, 0.2) is 40.1 Å². The van der Waals surface area contributed by atoms with Crippen molar-refractivity contribution in [3.8, 4) is 17.4 Å². The normalized spacial score (nSPS) is 10.3. The lowest BCUT2D eigenvalue weighted by Crippen LogP contribution is -2.33. The summed E-state index contributed by atoms with van der Waals surface area (Å²) in [7, 11) is 0. The van der Waals surface area contributed by atoms with Crippen LogP contribution in [0.4, 0.5) is 4.39 Å². The summed E-state index contributed by atoms with van der Waals surface area (Å²) >= 11 is 1.20. The van der Waals surface area contributed by atoms with Gasteiger partial charge in [-0.2, -0.15) is 5.26 Å². The van der Waals surface area contributed by atoms with Crippen LogP contribution in [0.5, 0.6) is 0 Å². The SMILES string of the molecule is CCN(CCC#N)C(=O)CSc1ncc(-c2ccc(F)cc2)o1. The molecule has 0 aliphatic rings. The Balaban J connectivity index is 1.93. The van der Waals surface area contributed by atoms with Gasteiger partial charge in [0.25, 0.3) is 5.22 Å². The minimum Gasteiger partial charge on any atom is -0.431 e. The van der Waals surface area contributed by atoms with Crippen molar-refractivity contribution in [2.75, 3.05) is 18.8 Å². The van der Waals surface area contributed by atoms with E-state index in [4.69, 9.17) is 9.68 Å². The number of oxazole rings is 1. The number of hydrogen-bond acceptors (Lipinski definition) is 5. The number of aromatic nitrogens is 1. The molecule has 1 heterocycles. The van der Waals surface area contributed by atoms with Crippen LogP contribution in [0.1, 0.15) is 13.3 Å². The van der Waals surface area contributed by atoms with Gasteiger partial charge in [-0.05, 0) is 31.2 Å². The maximum atomic E-state index is 12.9. The van der Waals surface area contributed by atoms with E-state index in [9.17, 15) is 9.18 Å². The van der Waals surface area contributed by atoms with Crippen molar-refractivity contribution in [1.29, 1.82) is 5.26 Å². The van der Waals surface area contributed by atoms with Crippen LogP contribution in [0.3, 0.4) is 0 Å². The Morgan fingerprint density at radius 3 is 2.83 bits per heavy atom. The van der Waals surface area contributed by atoms with Crippen LogP contribution in [-0.2, 0) is 4.79 Å². The van der Waals surface area contributed by atoms with Crippen LogP contribution >= 0.6 is 11.8 Å². The van der Waals surface area contributed by atoms with Gasteiger partial charge in [0.2, 0.25) is 5.91 Å². The van der Waals surface area contributed by atoms with Crippen molar-refractivity contribution in [1.82, 2.24) is 9.88 Å². The van der Waals surface area contributed by atoms with Crippen molar-refractivity contribution in [2.45, 2.75) is 18.6 Å². The van der Waals surface area contributed by atoms with Crippen molar-refractivity contribution in [3.63, 3.8) is 0 Å². The standard InChI is InChI=1S/C16H16FN3O2S/c1-2-20(9-3-8-18)15(21)11-23-16-19-10-14(22-16)12-4-6-13(17)7-5-12/h4-7,10H,2-3,9,11H2,1H3. The zero-order valence-corrected chi connectivity index (χ0v) is 13.5. The zero-order valence-electron chi connectivity index (χ0n) is 12.7. The zero-order chi connectivity index (χ0) is 16.7. The maximum Gasteiger partial charge on any atom is 0.256 e. The largest absolute Gasteiger partial charge is 0.431 e. The maximum absolute atomic E-state index is 12.9. The van der Waals surface area contributed by atoms with Gasteiger partial charge in [0.05, 0.1) is 24.4 Å². The van der Waals surface area contributed by atoms with Crippen LogP contribution < -0.4 is 0 Å². The van der Waals surface area contributed by atoms with E-state index in [-0.39, 0.29) is 17.5 Å². The molecular weight excluding hydrogens is 317 g/mol. The summed E-state index contributed by atoms with van der Waals surface area (Å²) in [5, 5.41) is 8.97. The summed E-state index contributed by atoms with van der Waals surface area (Å²) in [6, 6.07) is 7.94. The highest BCUT2D eigenvalue weighted by molar-refractivity contribution is 7.99. The third-order valence-electron chi connectivity index (χ3n) is 3.16. The molecule has 2 rings (SSSR count). The van der Waals surface area contributed by atoms with Gasteiger partial charge in [0.1, 0.15) is 5.82 Å². The van der Waals surface area contributed by atoms with Gasteiger partial charge in [-0.25, -0.2) is 9.37 Å². The molecule has 1 aromatic heterocycles. The van der Waals surface area contributed by atoms with Crippen LogP contribution in [-0.4, -0.2) is 34.6 Å². The molecule has 0 spiro atoms. The van der Waals surface area contributed by atoms with E-state index >= 15 is 0 Å². The fraction of sp³-hybridized carbons (Fsp3) is 0.312. The summed E-state index contributed by atoms with van der Waals surface area (Å²) in [5.41, 5.74) is 0.723. The summed E-state index contributed by atoms with van der Waals surface area (Å²) in [4.78, 5) is 17.8. The minimum absolute atomic E-state index is 0.0608. The quantitative estimate of drug-likeness (QED) is 0.727. The smallest absolute Gasteiger partial charge is 0.256 e. The van der Waals surface area contributed by atoms with Crippen molar-refractivity contribution >= 4 is 17.7 Å². The fourth-order valence-corrected chi connectivity index (χ4v) is 2.64. The highest BCUT2D eigenvalue weighted by Gasteiger charge is 2.14. The Morgan fingerprint density at radius 2 is 2.17 bits per heavy atom. The van der Waals surface area contributed by atoms with E-state index in [0.717, 1.165) is 5.56 Å². The number of carbonyl (C=O) groups is 1. The van der Waals surface area contributed by atoms with E-state index in [1.54, 1.807) is 23.2 Å². The second-order valence-corrected chi connectivity index (χ2v) is 5.59. The molecule has 0 aliphatic carbocycles. The van der Waals surface area contributed by atoms with Gasteiger partial charge >= 0.3 is 0 Å². The molecule has 1 amide bonds. The monoisotopic (exact) mass is 333 g/mol. The first-order chi connectivity index (χ1) is 11.1. The minimum atomic E-state index is -0.314. The number of amides is 1. The number of nitriles is 1.